The molecule has 1 aromatic heterocycles. The minimum Gasteiger partial charge on any atom is -0.366 e. The zero-order valence-electron chi connectivity index (χ0n) is 15.3. The molecule has 2 heterocycles. The van der Waals surface area contributed by atoms with Crippen LogP contribution in [0.25, 0.3) is 5.69 Å². The molecule has 1 aliphatic rings. The van der Waals surface area contributed by atoms with Crippen molar-refractivity contribution >= 4 is 5.91 Å². The van der Waals surface area contributed by atoms with E-state index in [1.165, 1.54) is 0 Å². The molecular formula is C19H26N4O2. The SMILES string of the molecule is Cc1cc(C)n(-c2ccc(C(C)NC(=O)C3CN(C)CCO3)cc2)n1. The number of aryl methyl sites for hydroxylation is 2. The average molecular weight is 342 g/mol. The summed E-state index contributed by atoms with van der Waals surface area (Å²) in [6.45, 7) is 8.11. The van der Waals surface area contributed by atoms with Crippen LogP contribution in [0.1, 0.15) is 29.9 Å². The maximum atomic E-state index is 12.4. The summed E-state index contributed by atoms with van der Waals surface area (Å²) in [5, 5.41) is 7.55. The van der Waals surface area contributed by atoms with Gasteiger partial charge in [0.05, 0.1) is 24.0 Å². The van der Waals surface area contributed by atoms with E-state index in [0.717, 1.165) is 29.2 Å². The quantitative estimate of drug-likeness (QED) is 0.923. The maximum absolute atomic E-state index is 12.4. The van der Waals surface area contributed by atoms with E-state index in [0.29, 0.717) is 13.2 Å². The van der Waals surface area contributed by atoms with Gasteiger partial charge in [-0.15, -0.1) is 0 Å². The van der Waals surface area contributed by atoms with Gasteiger partial charge < -0.3 is 15.0 Å². The lowest BCUT2D eigenvalue weighted by atomic mass is 10.1. The number of benzene rings is 1. The molecule has 1 aliphatic heterocycles. The first-order valence-corrected chi connectivity index (χ1v) is 8.68. The molecule has 134 valence electrons. The molecular weight excluding hydrogens is 316 g/mol. The van der Waals surface area contributed by atoms with Crippen LogP contribution in [0, 0.1) is 13.8 Å². The molecule has 6 nitrogen and oxygen atoms in total. The lowest BCUT2D eigenvalue weighted by molar-refractivity contribution is -0.138. The monoisotopic (exact) mass is 342 g/mol. The normalized spacial score (nSPS) is 19.6. The van der Waals surface area contributed by atoms with Gasteiger partial charge in [0.1, 0.15) is 6.10 Å². The average Bonchev–Trinajstić information content (AvgIpc) is 2.93. The van der Waals surface area contributed by atoms with Gasteiger partial charge in [-0.05, 0) is 51.6 Å². The van der Waals surface area contributed by atoms with Crippen molar-refractivity contribution in [2.45, 2.75) is 32.9 Å². The number of ether oxygens (including phenoxy) is 1. The van der Waals surface area contributed by atoms with Gasteiger partial charge in [0.15, 0.2) is 0 Å². The van der Waals surface area contributed by atoms with E-state index in [2.05, 4.69) is 21.4 Å². The summed E-state index contributed by atoms with van der Waals surface area (Å²) < 4.78 is 7.50. The van der Waals surface area contributed by atoms with E-state index in [9.17, 15) is 4.79 Å². The van der Waals surface area contributed by atoms with E-state index in [1.807, 2.05) is 56.8 Å². The molecule has 6 heteroatoms. The van der Waals surface area contributed by atoms with Gasteiger partial charge >= 0.3 is 0 Å². The first-order valence-electron chi connectivity index (χ1n) is 8.68. The van der Waals surface area contributed by atoms with Crippen molar-refractivity contribution in [1.29, 1.82) is 0 Å². The summed E-state index contributed by atoms with van der Waals surface area (Å²) in [7, 11) is 2.00. The van der Waals surface area contributed by atoms with Crippen LogP contribution < -0.4 is 5.32 Å². The van der Waals surface area contributed by atoms with Gasteiger partial charge in [-0.25, -0.2) is 4.68 Å². The molecule has 0 saturated carbocycles. The summed E-state index contributed by atoms with van der Waals surface area (Å²) >= 11 is 0. The van der Waals surface area contributed by atoms with Crippen LogP contribution in [0.3, 0.4) is 0 Å². The highest BCUT2D eigenvalue weighted by Gasteiger charge is 2.25. The standard InChI is InChI=1S/C19H26N4O2/c1-13-11-14(2)23(21-13)17-7-5-16(6-8-17)15(3)20-19(24)18-12-22(4)9-10-25-18/h5-8,11,15,18H,9-10,12H2,1-4H3,(H,20,24). The van der Waals surface area contributed by atoms with Crippen LogP contribution in [-0.2, 0) is 9.53 Å². The van der Waals surface area contributed by atoms with Gasteiger partial charge in [-0.1, -0.05) is 12.1 Å². The molecule has 3 rings (SSSR count). The second-order valence-electron chi connectivity index (χ2n) is 6.78. The Morgan fingerprint density at radius 1 is 1.32 bits per heavy atom. The van der Waals surface area contributed by atoms with E-state index in [4.69, 9.17) is 4.74 Å². The molecule has 1 saturated heterocycles. The van der Waals surface area contributed by atoms with Crippen molar-refractivity contribution in [2.75, 3.05) is 26.7 Å². The fraction of sp³-hybridized carbons (Fsp3) is 0.474. The van der Waals surface area contributed by atoms with Crippen LogP contribution >= 0.6 is 0 Å². The van der Waals surface area contributed by atoms with Crippen LogP contribution in [0.15, 0.2) is 30.3 Å². The predicted molar refractivity (Wildman–Crippen MR) is 96.8 cm³/mol. The maximum Gasteiger partial charge on any atom is 0.250 e. The lowest BCUT2D eigenvalue weighted by Gasteiger charge is -2.30. The molecule has 2 aromatic rings. The number of hydrogen-bond acceptors (Lipinski definition) is 4. The molecule has 0 aliphatic carbocycles. The zero-order valence-corrected chi connectivity index (χ0v) is 15.3. The first-order chi connectivity index (χ1) is 11.9. The Hall–Kier alpha value is -2.18. The third-order valence-corrected chi connectivity index (χ3v) is 4.57. The highest BCUT2D eigenvalue weighted by molar-refractivity contribution is 5.81. The summed E-state index contributed by atoms with van der Waals surface area (Å²) in [4.78, 5) is 14.5. The highest BCUT2D eigenvalue weighted by Crippen LogP contribution is 2.18. The van der Waals surface area contributed by atoms with Crippen molar-refractivity contribution in [1.82, 2.24) is 20.0 Å². The number of aromatic nitrogens is 2. The van der Waals surface area contributed by atoms with E-state index in [1.54, 1.807) is 0 Å². The molecule has 0 spiro atoms. The van der Waals surface area contributed by atoms with Crippen LogP contribution in [0.5, 0.6) is 0 Å². The zero-order chi connectivity index (χ0) is 18.0. The number of nitrogens with zero attached hydrogens (tertiary/aromatic N) is 3. The molecule has 1 fully saturated rings. The summed E-state index contributed by atoms with van der Waals surface area (Å²) in [5.41, 5.74) is 4.18. The Kier molecular flexibility index (Phi) is 5.20. The van der Waals surface area contributed by atoms with E-state index >= 15 is 0 Å². The van der Waals surface area contributed by atoms with Crippen molar-refractivity contribution in [3.63, 3.8) is 0 Å². The Labute approximate surface area is 148 Å². The third kappa shape index (κ3) is 4.08. The van der Waals surface area contributed by atoms with Crippen LogP contribution in [0.2, 0.25) is 0 Å². The fourth-order valence-corrected chi connectivity index (χ4v) is 3.12. The number of rotatable bonds is 4. The Morgan fingerprint density at radius 3 is 2.64 bits per heavy atom. The topological polar surface area (TPSA) is 59.4 Å². The van der Waals surface area contributed by atoms with Crippen LogP contribution in [0.4, 0.5) is 0 Å². The molecule has 25 heavy (non-hydrogen) atoms. The number of nitrogens with one attached hydrogen (secondary N) is 1. The first kappa shape index (κ1) is 17.6. The lowest BCUT2D eigenvalue weighted by Crippen LogP contribution is -2.48. The molecule has 0 bridgehead atoms. The molecule has 2 unspecified atom stereocenters. The van der Waals surface area contributed by atoms with Crippen LogP contribution in [-0.4, -0.2) is 53.4 Å². The fourth-order valence-electron chi connectivity index (χ4n) is 3.12. The van der Waals surface area contributed by atoms with Crippen molar-refractivity contribution in [2.24, 2.45) is 0 Å². The van der Waals surface area contributed by atoms with Gasteiger partial charge in [0.25, 0.3) is 5.91 Å². The second-order valence-corrected chi connectivity index (χ2v) is 6.78. The highest BCUT2D eigenvalue weighted by atomic mass is 16.5. The van der Waals surface area contributed by atoms with Crippen molar-refractivity contribution in [3.05, 3.63) is 47.3 Å². The summed E-state index contributed by atoms with van der Waals surface area (Å²) in [6, 6.07) is 10.1. The van der Waals surface area contributed by atoms with Gasteiger partial charge in [0.2, 0.25) is 0 Å². The Morgan fingerprint density at radius 2 is 2.04 bits per heavy atom. The van der Waals surface area contributed by atoms with Gasteiger partial charge in [-0.2, -0.15) is 5.10 Å². The third-order valence-electron chi connectivity index (χ3n) is 4.57. The predicted octanol–water partition coefficient (Wildman–Crippen LogP) is 2.00. The summed E-state index contributed by atoms with van der Waals surface area (Å²) in [5.74, 6) is -0.0540. The van der Waals surface area contributed by atoms with Gasteiger partial charge in [0, 0.05) is 18.8 Å². The van der Waals surface area contributed by atoms with E-state index < -0.39 is 6.10 Å². The number of likely N-dealkylation sites (N-methyl/N-ethyl adjacent to an activating group) is 1. The number of hydrogen-bond donors (Lipinski definition) is 1. The Balaban J connectivity index is 1.65. The van der Waals surface area contributed by atoms with Crippen molar-refractivity contribution in [3.8, 4) is 5.69 Å². The number of amides is 1. The number of carbonyl (C=O) groups excluding carboxylic acids is 1. The van der Waals surface area contributed by atoms with Gasteiger partial charge in [-0.3, -0.25) is 4.79 Å². The number of carbonyl (C=O) groups is 1. The minimum absolute atomic E-state index is 0.0540. The molecule has 1 N–H and O–H groups in total. The van der Waals surface area contributed by atoms with E-state index in [-0.39, 0.29) is 11.9 Å². The molecule has 0 radical (unpaired) electrons. The Bertz CT molecular complexity index is 738. The minimum atomic E-state index is -0.393. The molecule has 1 aromatic carbocycles. The molecule has 1 amide bonds. The van der Waals surface area contributed by atoms with Crippen molar-refractivity contribution < 1.29 is 9.53 Å². The second kappa shape index (κ2) is 7.37. The number of morpholine rings is 1. The molecule has 2 atom stereocenters. The summed E-state index contributed by atoms with van der Waals surface area (Å²) in [6.07, 6.45) is -0.393. The smallest absolute Gasteiger partial charge is 0.250 e. The largest absolute Gasteiger partial charge is 0.366 e.